The summed E-state index contributed by atoms with van der Waals surface area (Å²) in [7, 11) is 0. The highest BCUT2D eigenvalue weighted by atomic mass is 19.4. The van der Waals surface area contributed by atoms with Crippen molar-refractivity contribution in [2.24, 2.45) is 10.7 Å². The molecule has 0 unspecified atom stereocenters. The van der Waals surface area contributed by atoms with E-state index < -0.39 is 11.7 Å². The fourth-order valence-electron chi connectivity index (χ4n) is 2.33. The van der Waals surface area contributed by atoms with Gasteiger partial charge in [-0.3, -0.25) is 9.98 Å². The zero-order chi connectivity index (χ0) is 15.7. The molecule has 2 N–H and O–H groups in total. The maximum Gasteiger partial charge on any atom is 0.416 e. The lowest BCUT2D eigenvalue weighted by Crippen LogP contribution is -2.10. The first-order valence-electron chi connectivity index (χ1n) is 6.59. The summed E-state index contributed by atoms with van der Waals surface area (Å²) in [5.41, 5.74) is 8.58. The zero-order valence-corrected chi connectivity index (χ0v) is 11.4. The van der Waals surface area contributed by atoms with Crippen molar-refractivity contribution in [2.45, 2.75) is 6.18 Å². The summed E-state index contributed by atoms with van der Waals surface area (Å²) in [6.07, 6.45) is 0.651. The lowest BCUT2D eigenvalue weighted by atomic mass is 9.97. The second-order valence-electron chi connectivity index (χ2n) is 4.85. The number of aromatic nitrogens is 1. The first kappa shape index (κ1) is 14.3. The molecule has 0 aliphatic carbocycles. The van der Waals surface area contributed by atoms with Crippen LogP contribution < -0.4 is 5.73 Å². The van der Waals surface area contributed by atoms with Crippen LogP contribution in [-0.4, -0.2) is 17.2 Å². The number of rotatable bonds is 1. The quantitative estimate of drug-likeness (QED) is 0.879. The molecule has 6 heteroatoms. The molecular weight excluding hydrogens is 291 g/mol. The van der Waals surface area contributed by atoms with E-state index in [2.05, 4.69) is 9.98 Å². The summed E-state index contributed by atoms with van der Waals surface area (Å²) in [6.45, 7) is 0.372. The van der Waals surface area contributed by atoms with E-state index in [0.717, 1.165) is 23.3 Å². The van der Waals surface area contributed by atoms with Gasteiger partial charge in [0, 0.05) is 34.8 Å². The van der Waals surface area contributed by atoms with Crippen molar-refractivity contribution in [3.05, 3.63) is 71.1 Å². The van der Waals surface area contributed by atoms with Crippen molar-refractivity contribution in [1.82, 2.24) is 4.98 Å². The van der Waals surface area contributed by atoms with Gasteiger partial charge >= 0.3 is 6.18 Å². The third-order valence-corrected chi connectivity index (χ3v) is 3.43. The molecule has 0 fully saturated rings. The van der Waals surface area contributed by atoms with Gasteiger partial charge in [0.25, 0.3) is 0 Å². The standard InChI is InChI=1S/C16H12F3N3/c17-16(18,19)11-3-1-10(2-4-11)15-12-5-7-21-9-13(12)14(20)6-8-22-15/h1-7,9H,8,20H2. The Balaban J connectivity index is 2.06. The number of fused-ring (bicyclic) bond motifs is 1. The molecule has 2 heterocycles. The van der Waals surface area contributed by atoms with Crippen molar-refractivity contribution < 1.29 is 13.2 Å². The van der Waals surface area contributed by atoms with Crippen molar-refractivity contribution in [3.8, 4) is 0 Å². The minimum atomic E-state index is -4.35. The Labute approximate surface area is 125 Å². The minimum absolute atomic E-state index is 0.372. The largest absolute Gasteiger partial charge is 0.416 e. The van der Waals surface area contributed by atoms with Crippen LogP contribution >= 0.6 is 0 Å². The summed E-state index contributed by atoms with van der Waals surface area (Å²) < 4.78 is 38.0. The normalized spacial score (nSPS) is 14.7. The second kappa shape index (κ2) is 5.29. The van der Waals surface area contributed by atoms with Crippen molar-refractivity contribution in [2.75, 3.05) is 6.54 Å². The van der Waals surface area contributed by atoms with Crippen molar-refractivity contribution in [3.63, 3.8) is 0 Å². The first-order chi connectivity index (χ1) is 10.5. The van der Waals surface area contributed by atoms with Crippen LogP contribution in [0.15, 0.2) is 53.8 Å². The molecule has 0 saturated carbocycles. The van der Waals surface area contributed by atoms with Crippen LogP contribution in [0.25, 0.3) is 5.70 Å². The van der Waals surface area contributed by atoms with E-state index in [0.29, 0.717) is 23.5 Å². The summed E-state index contributed by atoms with van der Waals surface area (Å²) in [4.78, 5) is 8.47. The zero-order valence-electron chi connectivity index (χ0n) is 11.4. The lowest BCUT2D eigenvalue weighted by Gasteiger charge is -2.11. The number of nitrogens with zero attached hydrogens (tertiary/aromatic N) is 2. The van der Waals surface area contributed by atoms with Crippen LogP contribution in [0.1, 0.15) is 22.3 Å². The van der Waals surface area contributed by atoms with Crippen LogP contribution in [0.3, 0.4) is 0 Å². The third-order valence-electron chi connectivity index (χ3n) is 3.43. The highest BCUT2D eigenvalue weighted by Crippen LogP contribution is 2.30. The predicted molar refractivity (Wildman–Crippen MR) is 78.4 cm³/mol. The van der Waals surface area contributed by atoms with E-state index in [9.17, 15) is 13.2 Å². The summed E-state index contributed by atoms with van der Waals surface area (Å²) >= 11 is 0. The van der Waals surface area contributed by atoms with Gasteiger partial charge in [-0.15, -0.1) is 0 Å². The van der Waals surface area contributed by atoms with Gasteiger partial charge < -0.3 is 5.73 Å². The molecule has 112 valence electrons. The molecule has 3 rings (SSSR count). The monoisotopic (exact) mass is 303 g/mol. The van der Waals surface area contributed by atoms with Gasteiger partial charge in [-0.2, -0.15) is 13.2 Å². The van der Waals surface area contributed by atoms with Crippen LogP contribution in [-0.2, 0) is 6.18 Å². The van der Waals surface area contributed by atoms with E-state index in [4.69, 9.17) is 5.73 Å². The average molecular weight is 303 g/mol. The van der Waals surface area contributed by atoms with Crippen molar-refractivity contribution in [1.29, 1.82) is 0 Å². The van der Waals surface area contributed by atoms with E-state index >= 15 is 0 Å². The van der Waals surface area contributed by atoms with E-state index in [1.807, 2.05) is 0 Å². The Kier molecular flexibility index (Phi) is 3.44. The Morgan fingerprint density at radius 1 is 1.00 bits per heavy atom. The molecule has 1 aromatic heterocycles. The Bertz CT molecular complexity index is 759. The van der Waals surface area contributed by atoms with Gasteiger partial charge in [-0.1, -0.05) is 12.1 Å². The van der Waals surface area contributed by atoms with E-state index in [1.165, 1.54) is 12.1 Å². The number of alkyl halides is 3. The van der Waals surface area contributed by atoms with E-state index in [-0.39, 0.29) is 0 Å². The van der Waals surface area contributed by atoms with Crippen LogP contribution in [0.5, 0.6) is 0 Å². The molecule has 0 bridgehead atoms. The summed E-state index contributed by atoms with van der Waals surface area (Å²) in [6, 6.07) is 6.72. The molecule has 22 heavy (non-hydrogen) atoms. The fraction of sp³-hybridized carbons (Fsp3) is 0.125. The Morgan fingerprint density at radius 2 is 1.73 bits per heavy atom. The summed E-state index contributed by atoms with van der Waals surface area (Å²) in [5.74, 6) is 0. The summed E-state index contributed by atoms with van der Waals surface area (Å²) in [5, 5.41) is 0. The molecule has 0 saturated heterocycles. The van der Waals surface area contributed by atoms with Gasteiger partial charge in [-0.05, 0) is 24.3 Å². The fourth-order valence-corrected chi connectivity index (χ4v) is 2.33. The molecular formula is C16H12F3N3. The number of halogens is 3. The van der Waals surface area contributed by atoms with Crippen LogP contribution in [0.4, 0.5) is 13.2 Å². The molecule has 0 amide bonds. The predicted octanol–water partition coefficient (Wildman–Crippen LogP) is 3.25. The molecule has 1 aliphatic heterocycles. The number of pyridine rings is 1. The molecule has 1 aromatic carbocycles. The molecule has 2 aromatic rings. The number of hydrogen-bond donors (Lipinski definition) is 1. The highest BCUT2D eigenvalue weighted by Gasteiger charge is 2.30. The third kappa shape index (κ3) is 2.59. The number of aliphatic imine (C=N–C) groups is 1. The van der Waals surface area contributed by atoms with Gasteiger partial charge in [0.2, 0.25) is 0 Å². The number of nitrogens with two attached hydrogens (primary N) is 1. The molecule has 0 atom stereocenters. The first-order valence-corrected chi connectivity index (χ1v) is 6.59. The minimum Gasteiger partial charge on any atom is -0.398 e. The van der Waals surface area contributed by atoms with Crippen LogP contribution in [0, 0.1) is 0 Å². The maximum atomic E-state index is 12.7. The van der Waals surface area contributed by atoms with E-state index in [1.54, 1.807) is 24.5 Å². The lowest BCUT2D eigenvalue weighted by molar-refractivity contribution is -0.137. The van der Waals surface area contributed by atoms with Gasteiger partial charge in [0.05, 0.1) is 17.8 Å². The molecule has 3 nitrogen and oxygen atoms in total. The Morgan fingerprint density at radius 3 is 2.41 bits per heavy atom. The highest BCUT2D eigenvalue weighted by molar-refractivity contribution is 6.15. The number of benzene rings is 1. The van der Waals surface area contributed by atoms with Crippen molar-refractivity contribution >= 4 is 11.4 Å². The van der Waals surface area contributed by atoms with Gasteiger partial charge in [-0.25, -0.2) is 0 Å². The smallest absolute Gasteiger partial charge is 0.398 e. The van der Waals surface area contributed by atoms with Gasteiger partial charge in [0.15, 0.2) is 0 Å². The second-order valence-corrected chi connectivity index (χ2v) is 4.85. The average Bonchev–Trinajstić information content (AvgIpc) is 2.66. The van der Waals surface area contributed by atoms with Crippen LogP contribution in [0.2, 0.25) is 0 Å². The molecule has 0 radical (unpaired) electrons. The SMILES string of the molecule is NC1=CCN=C(c2ccc(C(F)(F)F)cc2)c2ccncc21. The number of hydrogen-bond acceptors (Lipinski definition) is 3. The molecule has 0 spiro atoms. The Hall–Kier alpha value is -2.63. The topological polar surface area (TPSA) is 51.3 Å². The molecule has 1 aliphatic rings. The van der Waals surface area contributed by atoms with Gasteiger partial charge in [0.1, 0.15) is 0 Å². The maximum absolute atomic E-state index is 12.7.